The number of phenols is 2. The molecule has 0 heterocycles. The molecule has 0 saturated carbocycles. The summed E-state index contributed by atoms with van der Waals surface area (Å²) < 4.78 is 0. The number of benzene rings is 4. The van der Waals surface area contributed by atoms with Gasteiger partial charge in [0.25, 0.3) is 0 Å². The summed E-state index contributed by atoms with van der Waals surface area (Å²) in [5.74, 6) is 0.428. The minimum absolute atomic E-state index is 0.168. The Bertz CT molecular complexity index is 1150. The quantitative estimate of drug-likeness (QED) is 0.179. The number of aromatic hydroxyl groups is 2. The van der Waals surface area contributed by atoms with Crippen molar-refractivity contribution in [3.8, 4) is 11.5 Å². The first-order chi connectivity index (χ1) is 16.3. The smallest absolute Gasteiger partial charge is 0.118 e. The van der Waals surface area contributed by atoms with Gasteiger partial charge in [-0.3, -0.25) is 0 Å². The Morgan fingerprint density at radius 2 is 0.794 bits per heavy atom. The van der Waals surface area contributed by atoms with Crippen LogP contribution in [-0.2, 0) is 0 Å². The van der Waals surface area contributed by atoms with Crippen LogP contribution >= 0.6 is 0 Å². The maximum Gasteiger partial charge on any atom is 0.118 e. The predicted octanol–water partition coefficient (Wildman–Crippen LogP) is 5.45. The highest BCUT2D eigenvalue weighted by atomic mass is 16.3. The molecule has 0 radical (unpaired) electrons. The summed E-state index contributed by atoms with van der Waals surface area (Å²) in [4.78, 5) is 0. The summed E-state index contributed by atoms with van der Waals surface area (Å²) >= 11 is 0. The molecule has 6 heteroatoms. The Balaban J connectivity index is 0.000000191. The molecule has 34 heavy (non-hydrogen) atoms. The van der Waals surface area contributed by atoms with E-state index in [4.69, 9.17) is 28.0 Å². The van der Waals surface area contributed by atoms with Gasteiger partial charge in [-0.2, -0.15) is 0 Å². The van der Waals surface area contributed by atoms with E-state index in [2.05, 4.69) is 0 Å². The van der Waals surface area contributed by atoms with E-state index >= 15 is 0 Å². The van der Waals surface area contributed by atoms with Crippen LogP contribution in [0.3, 0.4) is 0 Å². The van der Waals surface area contributed by atoms with Crippen LogP contribution in [0.5, 0.6) is 11.5 Å². The van der Waals surface area contributed by atoms with Gasteiger partial charge in [0.2, 0.25) is 0 Å². The fourth-order valence-electron chi connectivity index (χ4n) is 3.13. The molecule has 0 bridgehead atoms. The average Bonchev–Trinajstić information content (AvgIpc) is 2.78. The van der Waals surface area contributed by atoms with E-state index in [0.29, 0.717) is 17.1 Å². The van der Waals surface area contributed by atoms with Crippen molar-refractivity contribution < 1.29 is 10.2 Å². The Kier molecular flexibility index (Phi) is 7.81. The van der Waals surface area contributed by atoms with E-state index in [-0.39, 0.29) is 11.5 Å². The monoisotopic (exact) mass is 452 g/mol. The van der Waals surface area contributed by atoms with Gasteiger partial charge in [0.15, 0.2) is 0 Å². The van der Waals surface area contributed by atoms with Crippen molar-refractivity contribution in [1.29, 1.82) is 0 Å². The fraction of sp³-hybridized carbons (Fsp3) is 0. The van der Waals surface area contributed by atoms with E-state index in [1.807, 2.05) is 72.8 Å². The second-order valence-electron chi connectivity index (χ2n) is 7.72. The highest BCUT2D eigenvalue weighted by Gasteiger charge is 1.95. The van der Waals surface area contributed by atoms with E-state index in [1.165, 1.54) is 6.07 Å². The summed E-state index contributed by atoms with van der Waals surface area (Å²) in [6.07, 6.45) is 7.70. The largest absolute Gasteiger partial charge is 0.508 e. The second kappa shape index (κ2) is 11.2. The van der Waals surface area contributed by atoms with Crippen LogP contribution in [0.25, 0.3) is 24.3 Å². The van der Waals surface area contributed by atoms with Crippen LogP contribution in [0, 0.1) is 0 Å². The van der Waals surface area contributed by atoms with Gasteiger partial charge in [0.05, 0.1) is 0 Å². The van der Waals surface area contributed by atoms with Crippen LogP contribution < -0.4 is 22.9 Å². The molecule has 6 nitrogen and oxygen atoms in total. The number of nitrogens with two attached hydrogens (primary N) is 4. The van der Waals surface area contributed by atoms with E-state index in [1.54, 1.807) is 30.3 Å². The number of hydrogen-bond acceptors (Lipinski definition) is 6. The number of phenolic OH excluding ortho intramolecular Hbond substituents is 2. The minimum Gasteiger partial charge on any atom is -0.508 e. The average molecular weight is 453 g/mol. The molecule has 0 aliphatic rings. The van der Waals surface area contributed by atoms with E-state index in [0.717, 1.165) is 27.9 Å². The van der Waals surface area contributed by atoms with Gasteiger partial charge in [-0.15, -0.1) is 0 Å². The van der Waals surface area contributed by atoms with E-state index in [9.17, 15) is 5.11 Å². The Morgan fingerprint density at radius 1 is 0.382 bits per heavy atom. The van der Waals surface area contributed by atoms with Crippen molar-refractivity contribution in [1.82, 2.24) is 0 Å². The van der Waals surface area contributed by atoms with Gasteiger partial charge in [0.1, 0.15) is 11.5 Å². The van der Waals surface area contributed by atoms with Gasteiger partial charge >= 0.3 is 0 Å². The molecule has 4 rings (SSSR count). The second-order valence-corrected chi connectivity index (χ2v) is 7.72. The van der Waals surface area contributed by atoms with Crippen LogP contribution in [-0.4, -0.2) is 10.2 Å². The van der Waals surface area contributed by atoms with E-state index < -0.39 is 0 Å². The zero-order valence-electron chi connectivity index (χ0n) is 18.6. The van der Waals surface area contributed by atoms with Crippen molar-refractivity contribution in [2.75, 3.05) is 22.9 Å². The summed E-state index contributed by atoms with van der Waals surface area (Å²) in [7, 11) is 0. The third-order valence-corrected chi connectivity index (χ3v) is 4.73. The lowest BCUT2D eigenvalue weighted by Gasteiger charge is -2.00. The zero-order chi connectivity index (χ0) is 24.5. The van der Waals surface area contributed by atoms with Crippen LogP contribution in [0.1, 0.15) is 22.3 Å². The molecule has 172 valence electrons. The highest BCUT2D eigenvalue weighted by Crippen LogP contribution is 2.20. The summed E-state index contributed by atoms with van der Waals surface area (Å²) in [5.41, 5.74) is 29.1. The molecule has 0 amide bonds. The first-order valence-electron chi connectivity index (χ1n) is 10.5. The number of nitrogen functional groups attached to an aromatic ring is 4. The highest BCUT2D eigenvalue weighted by molar-refractivity contribution is 5.74. The summed E-state index contributed by atoms with van der Waals surface area (Å²) in [5, 5.41) is 18.6. The third-order valence-electron chi connectivity index (χ3n) is 4.73. The van der Waals surface area contributed by atoms with Crippen LogP contribution in [0.15, 0.2) is 84.9 Å². The number of rotatable bonds is 4. The lowest BCUT2D eigenvalue weighted by Crippen LogP contribution is -1.90. The minimum atomic E-state index is 0.168. The van der Waals surface area contributed by atoms with Gasteiger partial charge in [-0.1, -0.05) is 48.6 Å². The predicted molar refractivity (Wildman–Crippen MR) is 145 cm³/mol. The standard InChI is InChI=1S/2C14H14N2O/c15-12-7-11(8-13(16)9-12)2-1-10-3-5-14(17)6-4-10;15-12-5-3-10(4-6-12)1-2-11-7-13(16)9-14(17)8-11/h2*1-9,17H,15-16H2. The first-order valence-corrected chi connectivity index (χ1v) is 10.5. The molecule has 0 aliphatic heterocycles. The maximum absolute atomic E-state index is 9.40. The van der Waals surface area contributed by atoms with Crippen molar-refractivity contribution >= 4 is 47.1 Å². The van der Waals surface area contributed by atoms with Crippen molar-refractivity contribution in [3.63, 3.8) is 0 Å². The zero-order valence-corrected chi connectivity index (χ0v) is 18.6. The molecule has 0 spiro atoms. The van der Waals surface area contributed by atoms with Crippen LogP contribution in [0.2, 0.25) is 0 Å². The molecule has 0 fully saturated rings. The number of hydrogen-bond donors (Lipinski definition) is 6. The maximum atomic E-state index is 9.40. The SMILES string of the molecule is Nc1cc(N)cc(C=Cc2ccc(O)cc2)c1.Nc1ccc(C=Cc2cc(N)cc(O)c2)cc1. The van der Waals surface area contributed by atoms with Crippen molar-refractivity contribution in [2.45, 2.75) is 0 Å². The van der Waals surface area contributed by atoms with Gasteiger partial charge < -0.3 is 33.1 Å². The molecule has 0 aliphatic carbocycles. The first kappa shape index (κ1) is 23.8. The van der Waals surface area contributed by atoms with Gasteiger partial charge in [0, 0.05) is 28.8 Å². The Labute approximate surface area is 199 Å². The molecule has 0 aromatic heterocycles. The lowest BCUT2D eigenvalue weighted by atomic mass is 10.1. The molecule has 0 saturated heterocycles. The van der Waals surface area contributed by atoms with Gasteiger partial charge in [-0.25, -0.2) is 0 Å². The summed E-state index contributed by atoms with van der Waals surface area (Å²) in [6, 6.07) is 24.9. The Hall–Kier alpha value is -4.84. The molecular formula is C28H28N4O2. The fourth-order valence-corrected chi connectivity index (χ4v) is 3.13. The Morgan fingerprint density at radius 3 is 1.29 bits per heavy atom. The van der Waals surface area contributed by atoms with Crippen molar-refractivity contribution in [3.05, 3.63) is 107 Å². The molecule has 4 aromatic carbocycles. The van der Waals surface area contributed by atoms with Crippen molar-refractivity contribution in [2.24, 2.45) is 0 Å². The molecule has 4 aromatic rings. The van der Waals surface area contributed by atoms with Gasteiger partial charge in [-0.05, 0) is 76.9 Å². The summed E-state index contributed by atoms with van der Waals surface area (Å²) in [6.45, 7) is 0. The topological polar surface area (TPSA) is 145 Å². The van der Waals surface area contributed by atoms with Crippen LogP contribution in [0.4, 0.5) is 22.7 Å². The molecule has 10 N–H and O–H groups in total. The molecule has 0 atom stereocenters. The molecule has 0 unspecified atom stereocenters. The lowest BCUT2D eigenvalue weighted by molar-refractivity contribution is 0.475. The normalized spacial score (nSPS) is 10.8. The molecular weight excluding hydrogens is 424 g/mol. The third kappa shape index (κ3) is 7.69. The number of anilines is 4.